The van der Waals surface area contributed by atoms with Gasteiger partial charge in [-0.2, -0.15) is 13.2 Å². The highest BCUT2D eigenvalue weighted by Crippen LogP contribution is 2.19. The van der Waals surface area contributed by atoms with Crippen molar-refractivity contribution in [1.82, 2.24) is 5.32 Å². The number of halogens is 3. The highest BCUT2D eigenvalue weighted by molar-refractivity contribution is 4.78. The highest BCUT2D eigenvalue weighted by atomic mass is 19.4. The summed E-state index contributed by atoms with van der Waals surface area (Å²) in [5, 5.41) is 3.10. The number of alkyl halides is 3. The number of hydrogen-bond donors (Lipinski definition) is 1. The van der Waals surface area contributed by atoms with Crippen LogP contribution < -0.4 is 5.32 Å². The minimum Gasteiger partial charge on any atom is -0.381 e. The van der Waals surface area contributed by atoms with Gasteiger partial charge in [-0.25, -0.2) is 0 Å². The molecule has 2 atom stereocenters. The number of hydrogen-bond acceptors (Lipinski definition) is 3. The summed E-state index contributed by atoms with van der Waals surface area (Å²) in [5.74, 6) is 0.388. The summed E-state index contributed by atoms with van der Waals surface area (Å²) in [6.07, 6.45) is -2.68. The van der Waals surface area contributed by atoms with Crippen LogP contribution in [-0.4, -0.2) is 45.7 Å². The van der Waals surface area contributed by atoms with Gasteiger partial charge in [0.25, 0.3) is 0 Å². The molecule has 1 saturated heterocycles. The van der Waals surface area contributed by atoms with Gasteiger partial charge in [0.05, 0.1) is 6.61 Å². The van der Waals surface area contributed by atoms with Gasteiger partial charge in [0.15, 0.2) is 0 Å². The van der Waals surface area contributed by atoms with Crippen LogP contribution in [0, 0.1) is 5.92 Å². The Hall–Kier alpha value is -0.330. The number of rotatable bonds is 6. The zero-order chi connectivity index (χ0) is 12.0. The summed E-state index contributed by atoms with van der Waals surface area (Å²) in [7, 11) is 1.81. The van der Waals surface area contributed by atoms with E-state index in [1.54, 1.807) is 0 Å². The second-order valence-corrected chi connectivity index (χ2v) is 3.98. The van der Waals surface area contributed by atoms with E-state index in [4.69, 9.17) is 4.74 Å². The summed E-state index contributed by atoms with van der Waals surface area (Å²) in [6, 6.07) is 0.177. The molecule has 1 aliphatic heterocycles. The van der Waals surface area contributed by atoms with Crippen LogP contribution in [0.1, 0.15) is 12.8 Å². The molecular formula is C10H18F3NO2. The van der Waals surface area contributed by atoms with E-state index in [1.807, 2.05) is 7.05 Å². The Morgan fingerprint density at radius 2 is 2.25 bits per heavy atom. The van der Waals surface area contributed by atoms with E-state index < -0.39 is 12.8 Å². The first kappa shape index (κ1) is 13.7. The fourth-order valence-electron chi connectivity index (χ4n) is 1.88. The molecule has 1 N–H and O–H groups in total. The molecule has 0 bridgehead atoms. The van der Waals surface area contributed by atoms with Crippen LogP contribution in [0.4, 0.5) is 13.2 Å². The maximum absolute atomic E-state index is 11.8. The minimum absolute atomic E-state index is 0.127. The van der Waals surface area contributed by atoms with Crippen molar-refractivity contribution in [2.75, 3.05) is 33.5 Å². The molecule has 0 aliphatic carbocycles. The quantitative estimate of drug-likeness (QED) is 0.716. The number of ether oxygens (including phenoxy) is 2. The molecule has 1 heterocycles. The largest absolute Gasteiger partial charge is 0.411 e. The van der Waals surface area contributed by atoms with E-state index in [2.05, 4.69) is 10.1 Å². The minimum atomic E-state index is -4.23. The zero-order valence-corrected chi connectivity index (χ0v) is 9.35. The van der Waals surface area contributed by atoms with Crippen molar-refractivity contribution >= 4 is 0 Å². The first-order valence-electron chi connectivity index (χ1n) is 5.42. The SMILES string of the molecule is CNC(CCOCC(F)(F)F)C1CCOC1. The van der Waals surface area contributed by atoms with Crippen LogP contribution in [0.3, 0.4) is 0 Å². The molecular weight excluding hydrogens is 223 g/mol. The van der Waals surface area contributed by atoms with Crippen molar-refractivity contribution < 1.29 is 22.6 Å². The van der Waals surface area contributed by atoms with Crippen molar-refractivity contribution in [3.8, 4) is 0 Å². The summed E-state index contributed by atoms with van der Waals surface area (Å²) in [6.45, 7) is 0.392. The van der Waals surface area contributed by atoms with Crippen molar-refractivity contribution in [2.24, 2.45) is 5.92 Å². The molecule has 0 aromatic carbocycles. The molecule has 0 spiro atoms. The van der Waals surface area contributed by atoms with E-state index >= 15 is 0 Å². The third-order valence-corrected chi connectivity index (χ3v) is 2.74. The maximum atomic E-state index is 11.8. The van der Waals surface area contributed by atoms with Gasteiger partial charge in [0, 0.05) is 19.3 Å². The van der Waals surface area contributed by atoms with Crippen molar-refractivity contribution in [3.63, 3.8) is 0 Å². The second-order valence-electron chi connectivity index (χ2n) is 3.98. The monoisotopic (exact) mass is 241 g/mol. The molecule has 0 amide bonds. The average molecular weight is 241 g/mol. The summed E-state index contributed by atoms with van der Waals surface area (Å²) in [5.41, 5.74) is 0. The molecule has 16 heavy (non-hydrogen) atoms. The van der Waals surface area contributed by atoms with Crippen LogP contribution >= 0.6 is 0 Å². The molecule has 2 unspecified atom stereocenters. The van der Waals surface area contributed by atoms with Gasteiger partial charge < -0.3 is 14.8 Å². The summed E-state index contributed by atoms with van der Waals surface area (Å²) >= 11 is 0. The van der Waals surface area contributed by atoms with Crippen LogP contribution in [0.15, 0.2) is 0 Å². The zero-order valence-electron chi connectivity index (χ0n) is 9.35. The lowest BCUT2D eigenvalue weighted by Crippen LogP contribution is -2.35. The fraction of sp³-hybridized carbons (Fsp3) is 1.00. The van der Waals surface area contributed by atoms with Gasteiger partial charge in [0.1, 0.15) is 6.61 Å². The normalized spacial score (nSPS) is 23.6. The first-order valence-corrected chi connectivity index (χ1v) is 5.42. The highest BCUT2D eigenvalue weighted by Gasteiger charge is 2.28. The Balaban J connectivity index is 2.14. The topological polar surface area (TPSA) is 30.5 Å². The maximum Gasteiger partial charge on any atom is 0.411 e. The van der Waals surface area contributed by atoms with Gasteiger partial charge >= 0.3 is 6.18 Å². The van der Waals surface area contributed by atoms with Crippen LogP contribution in [0.2, 0.25) is 0 Å². The Bertz CT molecular complexity index is 193. The van der Waals surface area contributed by atoms with Gasteiger partial charge in [-0.05, 0) is 25.8 Å². The molecule has 96 valence electrons. The molecule has 0 radical (unpaired) electrons. The lowest BCUT2D eigenvalue weighted by atomic mass is 9.97. The van der Waals surface area contributed by atoms with E-state index in [9.17, 15) is 13.2 Å². The van der Waals surface area contributed by atoms with E-state index in [-0.39, 0.29) is 12.6 Å². The second kappa shape index (κ2) is 6.42. The molecule has 1 rings (SSSR count). The molecule has 0 aromatic heterocycles. The summed E-state index contributed by atoms with van der Waals surface area (Å²) in [4.78, 5) is 0. The third-order valence-electron chi connectivity index (χ3n) is 2.74. The fourth-order valence-corrected chi connectivity index (χ4v) is 1.88. The van der Waals surface area contributed by atoms with Crippen molar-refractivity contribution in [1.29, 1.82) is 0 Å². The van der Waals surface area contributed by atoms with Crippen molar-refractivity contribution in [3.05, 3.63) is 0 Å². The Kier molecular flexibility index (Phi) is 5.51. The number of nitrogens with one attached hydrogen (secondary N) is 1. The van der Waals surface area contributed by atoms with E-state index in [0.29, 0.717) is 18.9 Å². The Morgan fingerprint density at radius 1 is 1.50 bits per heavy atom. The summed E-state index contributed by atoms with van der Waals surface area (Å²) < 4.78 is 45.2. The lowest BCUT2D eigenvalue weighted by molar-refractivity contribution is -0.174. The molecule has 1 fully saturated rings. The van der Waals surface area contributed by atoms with Crippen LogP contribution in [-0.2, 0) is 9.47 Å². The van der Waals surface area contributed by atoms with E-state index in [0.717, 1.165) is 13.0 Å². The van der Waals surface area contributed by atoms with Gasteiger partial charge in [0.2, 0.25) is 0 Å². The van der Waals surface area contributed by atoms with Crippen LogP contribution in [0.5, 0.6) is 0 Å². The van der Waals surface area contributed by atoms with E-state index in [1.165, 1.54) is 0 Å². The smallest absolute Gasteiger partial charge is 0.381 e. The van der Waals surface area contributed by atoms with Gasteiger partial charge in [-0.1, -0.05) is 0 Å². The molecule has 0 aromatic rings. The molecule has 0 saturated carbocycles. The van der Waals surface area contributed by atoms with Gasteiger partial charge in [-0.15, -0.1) is 0 Å². The molecule has 1 aliphatic rings. The standard InChI is InChI=1S/C10H18F3NO2/c1-14-9(8-2-4-15-6-8)3-5-16-7-10(11,12)13/h8-9,14H,2-7H2,1H3. The Morgan fingerprint density at radius 3 is 2.75 bits per heavy atom. The van der Waals surface area contributed by atoms with Gasteiger partial charge in [-0.3, -0.25) is 0 Å². The van der Waals surface area contributed by atoms with Crippen LogP contribution in [0.25, 0.3) is 0 Å². The first-order chi connectivity index (χ1) is 7.53. The Labute approximate surface area is 93.3 Å². The van der Waals surface area contributed by atoms with Crippen molar-refractivity contribution in [2.45, 2.75) is 25.1 Å². The predicted molar refractivity (Wildman–Crippen MR) is 53.3 cm³/mol. The molecule has 6 heteroatoms. The predicted octanol–water partition coefficient (Wildman–Crippen LogP) is 1.58. The average Bonchev–Trinajstić information content (AvgIpc) is 2.69. The molecule has 3 nitrogen and oxygen atoms in total. The third kappa shape index (κ3) is 5.14. The lowest BCUT2D eigenvalue weighted by Gasteiger charge is -2.21.